The Balaban J connectivity index is 2.15. The topological polar surface area (TPSA) is 37.8 Å². The maximum absolute atomic E-state index is 4.17. The van der Waals surface area contributed by atoms with Gasteiger partial charge >= 0.3 is 0 Å². The Hall–Kier alpha value is -1.90. The van der Waals surface area contributed by atoms with Gasteiger partial charge in [0.1, 0.15) is 0 Å². The van der Waals surface area contributed by atoms with Crippen molar-refractivity contribution >= 4 is 11.6 Å². The van der Waals surface area contributed by atoms with Gasteiger partial charge in [-0.25, -0.2) is 9.97 Å². The molecule has 0 saturated heterocycles. The zero-order valence-electron chi connectivity index (χ0n) is 8.86. The molecule has 3 heteroatoms. The van der Waals surface area contributed by atoms with Crippen molar-refractivity contribution in [3.05, 3.63) is 47.8 Å². The molecule has 0 radical (unpaired) electrons. The monoisotopic (exact) mass is 199 g/mol. The van der Waals surface area contributed by atoms with Gasteiger partial charge < -0.3 is 5.32 Å². The van der Waals surface area contributed by atoms with E-state index >= 15 is 0 Å². The fourth-order valence-electron chi connectivity index (χ4n) is 1.22. The van der Waals surface area contributed by atoms with Crippen LogP contribution in [0.4, 0.5) is 11.6 Å². The fraction of sp³-hybridized carbons (Fsp3) is 0.167. The molecule has 0 unspecified atom stereocenters. The summed E-state index contributed by atoms with van der Waals surface area (Å²) in [5.41, 5.74) is 3.30. The molecular weight excluding hydrogens is 186 g/mol. The maximum atomic E-state index is 4.17. The van der Waals surface area contributed by atoms with Gasteiger partial charge in [0.25, 0.3) is 0 Å². The van der Waals surface area contributed by atoms with E-state index in [2.05, 4.69) is 34.3 Å². The Morgan fingerprint density at radius 2 is 1.47 bits per heavy atom. The second kappa shape index (κ2) is 4.09. The number of nitrogens with one attached hydrogen (secondary N) is 1. The Bertz CT molecular complexity index is 388. The number of rotatable bonds is 2. The van der Waals surface area contributed by atoms with Crippen molar-refractivity contribution in [1.82, 2.24) is 9.97 Å². The molecular formula is C12H13N3. The smallest absolute Gasteiger partial charge is 0.227 e. The lowest BCUT2D eigenvalue weighted by Gasteiger charge is -2.04. The third-order valence-electron chi connectivity index (χ3n) is 2.09. The van der Waals surface area contributed by atoms with E-state index in [1.165, 1.54) is 5.56 Å². The van der Waals surface area contributed by atoms with Crippen LogP contribution in [0.5, 0.6) is 0 Å². The van der Waals surface area contributed by atoms with Crippen LogP contribution in [0.25, 0.3) is 0 Å². The molecule has 0 bridgehead atoms. The minimum atomic E-state index is 0.629. The molecule has 1 aromatic heterocycles. The molecule has 1 aromatic carbocycles. The first kappa shape index (κ1) is 9.65. The fourth-order valence-corrected chi connectivity index (χ4v) is 1.22. The van der Waals surface area contributed by atoms with Gasteiger partial charge in [-0.05, 0) is 31.5 Å². The number of nitrogens with zero attached hydrogens (tertiary/aromatic N) is 2. The highest BCUT2D eigenvalue weighted by atomic mass is 15.1. The van der Waals surface area contributed by atoms with E-state index < -0.39 is 0 Å². The number of anilines is 2. The van der Waals surface area contributed by atoms with Gasteiger partial charge in [-0.2, -0.15) is 0 Å². The first-order valence-corrected chi connectivity index (χ1v) is 4.86. The van der Waals surface area contributed by atoms with Crippen molar-refractivity contribution < 1.29 is 0 Å². The maximum Gasteiger partial charge on any atom is 0.227 e. The van der Waals surface area contributed by atoms with Crippen molar-refractivity contribution in [2.45, 2.75) is 13.8 Å². The average Bonchev–Trinajstić information content (AvgIpc) is 2.25. The molecule has 0 atom stereocenters. The number of aromatic nitrogens is 2. The van der Waals surface area contributed by atoms with Crippen molar-refractivity contribution in [3.63, 3.8) is 0 Å². The molecule has 2 aromatic rings. The van der Waals surface area contributed by atoms with Gasteiger partial charge in [0.15, 0.2) is 0 Å². The first-order chi connectivity index (χ1) is 7.24. The molecule has 0 spiro atoms. The molecule has 76 valence electrons. The van der Waals surface area contributed by atoms with Crippen LogP contribution < -0.4 is 5.32 Å². The van der Waals surface area contributed by atoms with Gasteiger partial charge in [0.05, 0.1) is 0 Å². The summed E-state index contributed by atoms with van der Waals surface area (Å²) in [5.74, 6) is 0.629. The van der Waals surface area contributed by atoms with E-state index in [1.807, 2.05) is 19.1 Å². The summed E-state index contributed by atoms with van der Waals surface area (Å²) in [6.45, 7) is 4.03. The van der Waals surface area contributed by atoms with E-state index in [4.69, 9.17) is 0 Å². The molecule has 0 aliphatic rings. The Morgan fingerprint density at radius 3 is 2.07 bits per heavy atom. The first-order valence-electron chi connectivity index (χ1n) is 4.86. The SMILES string of the molecule is Cc1ccc(Nc2ncc(C)cn2)cc1. The standard InChI is InChI=1S/C12H13N3/c1-9-3-5-11(6-4-9)15-12-13-7-10(2)8-14-12/h3-8H,1-2H3,(H,13,14,15). The van der Waals surface area contributed by atoms with E-state index in [0.29, 0.717) is 5.95 Å². The van der Waals surface area contributed by atoms with Gasteiger partial charge in [-0.3, -0.25) is 0 Å². The lowest BCUT2D eigenvalue weighted by molar-refractivity contribution is 1.13. The number of benzene rings is 1. The third-order valence-corrected chi connectivity index (χ3v) is 2.09. The average molecular weight is 199 g/mol. The number of hydrogen-bond acceptors (Lipinski definition) is 3. The van der Waals surface area contributed by atoms with Crippen LogP contribution in [-0.2, 0) is 0 Å². The summed E-state index contributed by atoms with van der Waals surface area (Å²) < 4.78 is 0. The molecule has 0 fully saturated rings. The van der Waals surface area contributed by atoms with Gasteiger partial charge in [0, 0.05) is 18.1 Å². The minimum absolute atomic E-state index is 0.629. The Morgan fingerprint density at radius 1 is 0.867 bits per heavy atom. The molecule has 3 nitrogen and oxygen atoms in total. The van der Waals surface area contributed by atoms with Crippen molar-refractivity contribution in [2.75, 3.05) is 5.32 Å². The predicted octanol–water partition coefficient (Wildman–Crippen LogP) is 2.84. The lowest BCUT2D eigenvalue weighted by Crippen LogP contribution is -1.96. The molecule has 1 heterocycles. The summed E-state index contributed by atoms with van der Waals surface area (Å²) in [6, 6.07) is 8.13. The van der Waals surface area contributed by atoms with Crippen molar-refractivity contribution in [2.24, 2.45) is 0 Å². The van der Waals surface area contributed by atoms with Crippen LogP contribution in [-0.4, -0.2) is 9.97 Å². The van der Waals surface area contributed by atoms with Crippen LogP contribution in [0.2, 0.25) is 0 Å². The highest BCUT2D eigenvalue weighted by molar-refractivity contribution is 5.53. The van der Waals surface area contributed by atoms with Gasteiger partial charge in [-0.1, -0.05) is 17.7 Å². The van der Waals surface area contributed by atoms with Crippen LogP contribution in [0, 0.1) is 13.8 Å². The van der Waals surface area contributed by atoms with Crippen molar-refractivity contribution in [3.8, 4) is 0 Å². The highest BCUT2D eigenvalue weighted by Crippen LogP contribution is 2.12. The van der Waals surface area contributed by atoms with Crippen LogP contribution in [0.1, 0.15) is 11.1 Å². The van der Waals surface area contributed by atoms with Crippen LogP contribution in [0.15, 0.2) is 36.7 Å². The van der Waals surface area contributed by atoms with Crippen LogP contribution >= 0.6 is 0 Å². The quantitative estimate of drug-likeness (QED) is 0.808. The molecule has 0 aliphatic heterocycles. The molecule has 1 N–H and O–H groups in total. The zero-order valence-corrected chi connectivity index (χ0v) is 8.86. The summed E-state index contributed by atoms with van der Waals surface area (Å²) in [4.78, 5) is 8.35. The lowest BCUT2D eigenvalue weighted by atomic mass is 10.2. The van der Waals surface area contributed by atoms with E-state index in [9.17, 15) is 0 Å². The van der Waals surface area contributed by atoms with Gasteiger partial charge in [-0.15, -0.1) is 0 Å². The summed E-state index contributed by atoms with van der Waals surface area (Å²) >= 11 is 0. The van der Waals surface area contributed by atoms with E-state index in [0.717, 1.165) is 11.3 Å². The molecule has 15 heavy (non-hydrogen) atoms. The largest absolute Gasteiger partial charge is 0.324 e. The molecule has 0 amide bonds. The number of hydrogen-bond donors (Lipinski definition) is 1. The van der Waals surface area contributed by atoms with Crippen LogP contribution in [0.3, 0.4) is 0 Å². The predicted molar refractivity (Wildman–Crippen MR) is 61.2 cm³/mol. The summed E-state index contributed by atoms with van der Waals surface area (Å²) in [7, 11) is 0. The van der Waals surface area contributed by atoms with Gasteiger partial charge in [0.2, 0.25) is 5.95 Å². The Kier molecular flexibility index (Phi) is 2.63. The zero-order chi connectivity index (χ0) is 10.7. The second-order valence-electron chi connectivity index (χ2n) is 3.58. The number of aryl methyl sites for hydroxylation is 2. The Labute approximate surface area is 89.2 Å². The summed E-state index contributed by atoms with van der Waals surface area (Å²) in [6.07, 6.45) is 3.59. The molecule has 0 aliphatic carbocycles. The minimum Gasteiger partial charge on any atom is -0.324 e. The van der Waals surface area contributed by atoms with E-state index in [1.54, 1.807) is 12.4 Å². The van der Waals surface area contributed by atoms with E-state index in [-0.39, 0.29) is 0 Å². The molecule has 2 rings (SSSR count). The summed E-state index contributed by atoms with van der Waals surface area (Å²) in [5, 5.41) is 3.14. The second-order valence-corrected chi connectivity index (χ2v) is 3.58. The highest BCUT2D eigenvalue weighted by Gasteiger charge is 1.96. The normalized spacial score (nSPS) is 10.0. The third kappa shape index (κ3) is 2.53. The molecule has 0 saturated carbocycles. The van der Waals surface area contributed by atoms with Crippen molar-refractivity contribution in [1.29, 1.82) is 0 Å².